The molecule has 2 aliphatic heterocycles. The van der Waals surface area contributed by atoms with Gasteiger partial charge in [-0.15, -0.1) is 0 Å². The van der Waals surface area contributed by atoms with Crippen molar-refractivity contribution in [2.75, 3.05) is 33.7 Å². The van der Waals surface area contributed by atoms with E-state index in [1.165, 1.54) is 9.80 Å². The molecule has 12 heteroatoms. The number of rotatable bonds is 7. The van der Waals surface area contributed by atoms with E-state index >= 15 is 0 Å². The molecule has 216 valence electrons. The number of nitrogens with one attached hydrogen (secondary N) is 1. The van der Waals surface area contributed by atoms with Gasteiger partial charge in [0.15, 0.2) is 0 Å². The summed E-state index contributed by atoms with van der Waals surface area (Å²) >= 11 is 6.15. The first-order valence-corrected chi connectivity index (χ1v) is 13.4. The highest BCUT2D eigenvalue weighted by molar-refractivity contribution is 6.30. The summed E-state index contributed by atoms with van der Waals surface area (Å²) in [7, 11) is 3.75. The maximum absolute atomic E-state index is 13.6. The van der Waals surface area contributed by atoms with E-state index in [0.717, 1.165) is 17.7 Å². The zero-order valence-electron chi connectivity index (χ0n) is 22.7. The number of urea groups is 1. The third-order valence-electron chi connectivity index (χ3n) is 7.13. The van der Waals surface area contributed by atoms with Gasteiger partial charge < -0.3 is 24.9 Å². The second kappa shape index (κ2) is 12.1. The van der Waals surface area contributed by atoms with Crippen molar-refractivity contribution in [1.29, 1.82) is 0 Å². The summed E-state index contributed by atoms with van der Waals surface area (Å²) in [6.07, 6.45) is -4.78. The van der Waals surface area contributed by atoms with Crippen LogP contribution in [-0.2, 0) is 28.9 Å². The van der Waals surface area contributed by atoms with Crippen LogP contribution in [-0.4, -0.2) is 83.4 Å². The van der Waals surface area contributed by atoms with Gasteiger partial charge in [-0.3, -0.25) is 9.59 Å². The molecule has 0 bridgehead atoms. The number of piperazine rings is 1. The Kier molecular flexibility index (Phi) is 8.94. The second-order valence-corrected chi connectivity index (χ2v) is 11.0. The normalized spacial score (nSPS) is 19.8. The number of hydrogen-bond donors (Lipinski definition) is 1. The zero-order valence-corrected chi connectivity index (χ0v) is 23.4. The number of alkyl halides is 3. The number of halogens is 4. The Morgan fingerprint density at radius 2 is 1.88 bits per heavy atom. The van der Waals surface area contributed by atoms with Gasteiger partial charge in [-0.25, -0.2) is 4.79 Å². The van der Waals surface area contributed by atoms with Crippen molar-refractivity contribution < 1.29 is 27.6 Å². The molecule has 2 aromatic rings. The largest absolute Gasteiger partial charge is 0.416 e. The predicted molar refractivity (Wildman–Crippen MR) is 144 cm³/mol. The first-order valence-electron chi connectivity index (χ1n) is 13.0. The van der Waals surface area contributed by atoms with E-state index in [1.54, 1.807) is 36.1 Å². The van der Waals surface area contributed by atoms with E-state index in [9.17, 15) is 27.6 Å². The molecule has 0 spiro atoms. The highest BCUT2D eigenvalue weighted by atomic mass is 35.5. The average Bonchev–Trinajstić information content (AvgIpc) is 2.87. The van der Waals surface area contributed by atoms with Crippen LogP contribution in [0.1, 0.15) is 35.1 Å². The van der Waals surface area contributed by atoms with E-state index in [1.807, 2.05) is 25.1 Å². The topological polar surface area (TPSA) is 76.2 Å². The van der Waals surface area contributed by atoms with Crippen molar-refractivity contribution >= 4 is 29.4 Å². The number of fused-ring (bicyclic) bond motifs is 1. The number of amides is 4. The third kappa shape index (κ3) is 6.87. The van der Waals surface area contributed by atoms with Gasteiger partial charge in [0.2, 0.25) is 11.8 Å². The second-order valence-electron chi connectivity index (χ2n) is 10.5. The monoisotopic (exact) mass is 579 g/mol. The standard InChI is InChI=1S/C28H33ClF3N5O3/c1-18-11-20(13-21(12-18)28(30,31)32)15-33-27(40)36-10-8-25(38)37-23(7-9-34(2)3)26(39)35(17-24(36)37)16-19-5-4-6-22(29)14-19/h4-6,11-14,23-24H,7-10,15-17H2,1-3H3,(H,33,40)/t23-,24+/m0/s1. The van der Waals surface area contributed by atoms with Crippen LogP contribution in [0.2, 0.25) is 5.02 Å². The van der Waals surface area contributed by atoms with Crippen LogP contribution in [0.3, 0.4) is 0 Å². The molecule has 0 unspecified atom stereocenters. The lowest BCUT2D eigenvalue weighted by Gasteiger charge is -2.52. The quantitative estimate of drug-likeness (QED) is 0.536. The van der Waals surface area contributed by atoms with Gasteiger partial charge in [-0.2, -0.15) is 13.2 Å². The number of carbonyl (C=O) groups excluding carboxylic acids is 3. The van der Waals surface area contributed by atoms with Crippen LogP contribution in [0, 0.1) is 6.92 Å². The summed E-state index contributed by atoms with van der Waals surface area (Å²) in [6.45, 7) is 2.50. The van der Waals surface area contributed by atoms with Crippen molar-refractivity contribution in [2.24, 2.45) is 0 Å². The van der Waals surface area contributed by atoms with Crippen molar-refractivity contribution in [2.45, 2.75) is 51.2 Å². The Labute approximate surface area is 236 Å². The summed E-state index contributed by atoms with van der Waals surface area (Å²) in [5, 5.41) is 3.26. The lowest BCUT2D eigenvalue weighted by atomic mass is 10.0. The Morgan fingerprint density at radius 3 is 2.55 bits per heavy atom. The maximum Gasteiger partial charge on any atom is 0.416 e. The van der Waals surface area contributed by atoms with Gasteiger partial charge in [-0.05, 0) is 69.4 Å². The average molecular weight is 580 g/mol. The molecule has 2 fully saturated rings. The lowest BCUT2D eigenvalue weighted by Crippen LogP contribution is -2.72. The van der Waals surface area contributed by atoms with Gasteiger partial charge >= 0.3 is 12.2 Å². The first kappa shape index (κ1) is 29.7. The van der Waals surface area contributed by atoms with Crippen LogP contribution in [0.15, 0.2) is 42.5 Å². The fraction of sp³-hybridized carbons (Fsp3) is 0.464. The van der Waals surface area contributed by atoms with Crippen LogP contribution < -0.4 is 5.32 Å². The fourth-order valence-corrected chi connectivity index (χ4v) is 5.49. The Morgan fingerprint density at radius 1 is 1.12 bits per heavy atom. The number of nitrogens with zero attached hydrogens (tertiary/aromatic N) is 4. The molecular weight excluding hydrogens is 547 g/mol. The molecular formula is C28H33ClF3N5O3. The fourth-order valence-electron chi connectivity index (χ4n) is 5.28. The molecule has 8 nitrogen and oxygen atoms in total. The molecule has 4 amide bonds. The van der Waals surface area contributed by atoms with Crippen molar-refractivity contribution in [3.05, 3.63) is 69.7 Å². The third-order valence-corrected chi connectivity index (χ3v) is 7.37. The SMILES string of the molecule is Cc1cc(CNC(=O)N2CCC(=O)N3[C@@H]2CN(Cc2cccc(Cl)c2)C(=O)[C@@H]3CCN(C)C)cc(C(F)(F)F)c1. The Balaban J connectivity index is 1.57. The van der Waals surface area contributed by atoms with Crippen LogP contribution in [0.4, 0.5) is 18.0 Å². The molecule has 2 aromatic carbocycles. The Bertz CT molecular complexity index is 1270. The molecule has 0 aromatic heterocycles. The number of aryl methyl sites for hydroxylation is 1. The molecule has 4 rings (SSSR count). The molecule has 0 saturated carbocycles. The van der Waals surface area contributed by atoms with Crippen LogP contribution >= 0.6 is 11.6 Å². The molecule has 2 aliphatic rings. The lowest BCUT2D eigenvalue weighted by molar-refractivity contribution is -0.167. The molecule has 2 saturated heterocycles. The molecule has 1 N–H and O–H groups in total. The van der Waals surface area contributed by atoms with Crippen LogP contribution in [0.25, 0.3) is 0 Å². The molecule has 0 aliphatic carbocycles. The van der Waals surface area contributed by atoms with Crippen molar-refractivity contribution in [3.63, 3.8) is 0 Å². The van der Waals surface area contributed by atoms with E-state index in [-0.39, 0.29) is 44.4 Å². The molecule has 0 radical (unpaired) electrons. The summed E-state index contributed by atoms with van der Waals surface area (Å²) < 4.78 is 39.8. The minimum absolute atomic E-state index is 0.0482. The van der Waals surface area contributed by atoms with Crippen LogP contribution in [0.5, 0.6) is 0 Å². The van der Waals surface area contributed by atoms with Crippen molar-refractivity contribution in [3.8, 4) is 0 Å². The van der Waals surface area contributed by atoms with E-state index in [0.29, 0.717) is 29.1 Å². The van der Waals surface area contributed by atoms with E-state index in [2.05, 4.69) is 5.32 Å². The molecule has 2 heterocycles. The Hall–Kier alpha value is -3.31. The van der Waals surface area contributed by atoms with Gasteiger partial charge in [0.25, 0.3) is 0 Å². The predicted octanol–water partition coefficient (Wildman–Crippen LogP) is 4.10. The van der Waals surface area contributed by atoms with E-state index < -0.39 is 30.0 Å². The molecule has 40 heavy (non-hydrogen) atoms. The van der Waals surface area contributed by atoms with E-state index in [4.69, 9.17) is 11.6 Å². The number of hydrogen-bond acceptors (Lipinski definition) is 4. The summed E-state index contributed by atoms with van der Waals surface area (Å²) in [6, 6.07) is 9.55. The smallest absolute Gasteiger partial charge is 0.334 e. The molecule has 2 atom stereocenters. The highest BCUT2D eigenvalue weighted by Crippen LogP contribution is 2.31. The maximum atomic E-state index is 13.6. The zero-order chi connectivity index (χ0) is 29.2. The minimum atomic E-state index is -4.50. The summed E-state index contributed by atoms with van der Waals surface area (Å²) in [5.74, 6) is -0.407. The van der Waals surface area contributed by atoms with Crippen molar-refractivity contribution in [1.82, 2.24) is 24.9 Å². The summed E-state index contributed by atoms with van der Waals surface area (Å²) in [4.78, 5) is 46.7. The minimum Gasteiger partial charge on any atom is -0.334 e. The van der Waals surface area contributed by atoms with Gasteiger partial charge in [-0.1, -0.05) is 35.4 Å². The van der Waals surface area contributed by atoms with Gasteiger partial charge in [0.1, 0.15) is 12.2 Å². The number of benzene rings is 2. The van der Waals surface area contributed by atoms with Gasteiger partial charge in [0.05, 0.1) is 12.1 Å². The number of carbonyl (C=O) groups is 3. The summed E-state index contributed by atoms with van der Waals surface area (Å²) in [5.41, 5.74) is 0.785. The first-order chi connectivity index (χ1) is 18.8. The highest BCUT2D eigenvalue weighted by Gasteiger charge is 2.48. The van der Waals surface area contributed by atoms with Gasteiger partial charge in [0, 0.05) is 31.1 Å².